The van der Waals surface area contributed by atoms with Gasteiger partial charge in [0.2, 0.25) is 0 Å². The van der Waals surface area contributed by atoms with Gasteiger partial charge < -0.3 is 9.88 Å². The van der Waals surface area contributed by atoms with E-state index in [9.17, 15) is 0 Å². The lowest BCUT2D eigenvalue weighted by atomic mass is 10.1. The fraction of sp³-hybridized carbons (Fsp3) is 0.235. The summed E-state index contributed by atoms with van der Waals surface area (Å²) in [6.45, 7) is 3.75. The van der Waals surface area contributed by atoms with Gasteiger partial charge in [-0.3, -0.25) is 0 Å². The molecule has 0 spiro atoms. The molecule has 0 saturated heterocycles. The summed E-state index contributed by atoms with van der Waals surface area (Å²) in [5.41, 5.74) is 4.83. The first kappa shape index (κ1) is 12.9. The summed E-state index contributed by atoms with van der Waals surface area (Å²) in [7, 11) is 2.07. The minimum Gasteiger partial charge on any atom is -0.330 e. The zero-order valence-electron chi connectivity index (χ0n) is 11.9. The van der Waals surface area contributed by atoms with Crippen LogP contribution in [-0.2, 0) is 20.1 Å². The van der Waals surface area contributed by atoms with Crippen molar-refractivity contribution in [2.24, 2.45) is 7.05 Å². The van der Waals surface area contributed by atoms with E-state index in [1.54, 1.807) is 0 Å². The Bertz CT molecular complexity index is 711. The minimum absolute atomic E-state index is 0.777. The lowest BCUT2D eigenvalue weighted by molar-refractivity contribution is 0.643. The number of hydrogen-bond acceptors (Lipinski definition) is 2. The molecular weight excluding hydrogens is 246 g/mol. The zero-order chi connectivity index (χ0) is 13.9. The molecule has 0 bridgehead atoms. The van der Waals surface area contributed by atoms with Crippen LogP contribution in [0.2, 0.25) is 0 Å². The summed E-state index contributed by atoms with van der Waals surface area (Å²) in [5, 5.41) is 3.46. The number of aromatic nitrogens is 2. The minimum atomic E-state index is 0.777. The SMILES string of the molecule is Cc1ccc(CNCc2nc3ccccc3n2C)cc1. The van der Waals surface area contributed by atoms with Crippen molar-refractivity contribution >= 4 is 11.0 Å². The van der Waals surface area contributed by atoms with E-state index >= 15 is 0 Å². The van der Waals surface area contributed by atoms with Crippen molar-refractivity contribution in [2.45, 2.75) is 20.0 Å². The van der Waals surface area contributed by atoms with E-state index in [2.05, 4.69) is 65.2 Å². The number of fused-ring (bicyclic) bond motifs is 1. The van der Waals surface area contributed by atoms with E-state index in [-0.39, 0.29) is 0 Å². The molecule has 3 rings (SSSR count). The molecular formula is C17H19N3. The van der Waals surface area contributed by atoms with Crippen LogP contribution in [0.25, 0.3) is 11.0 Å². The van der Waals surface area contributed by atoms with Crippen molar-refractivity contribution < 1.29 is 0 Å². The van der Waals surface area contributed by atoms with Crippen LogP contribution in [-0.4, -0.2) is 9.55 Å². The Balaban J connectivity index is 1.68. The zero-order valence-corrected chi connectivity index (χ0v) is 11.9. The van der Waals surface area contributed by atoms with E-state index in [1.165, 1.54) is 16.6 Å². The molecule has 20 heavy (non-hydrogen) atoms. The van der Waals surface area contributed by atoms with Gasteiger partial charge in [0.25, 0.3) is 0 Å². The van der Waals surface area contributed by atoms with Crippen LogP contribution in [0.15, 0.2) is 48.5 Å². The molecule has 3 heteroatoms. The van der Waals surface area contributed by atoms with Crippen LogP contribution in [0.3, 0.4) is 0 Å². The Hall–Kier alpha value is -2.13. The summed E-state index contributed by atoms with van der Waals surface area (Å²) in [4.78, 5) is 4.66. The van der Waals surface area contributed by atoms with Crippen LogP contribution in [0.5, 0.6) is 0 Å². The number of hydrogen-bond donors (Lipinski definition) is 1. The molecule has 0 saturated carbocycles. The predicted molar refractivity (Wildman–Crippen MR) is 82.4 cm³/mol. The van der Waals surface area contributed by atoms with Gasteiger partial charge in [0.15, 0.2) is 0 Å². The number of rotatable bonds is 4. The third kappa shape index (κ3) is 2.58. The number of nitrogens with one attached hydrogen (secondary N) is 1. The summed E-state index contributed by atoms with van der Waals surface area (Å²) in [6.07, 6.45) is 0. The molecule has 0 aliphatic carbocycles. The molecule has 102 valence electrons. The highest BCUT2D eigenvalue weighted by molar-refractivity contribution is 5.75. The van der Waals surface area contributed by atoms with Crippen LogP contribution >= 0.6 is 0 Å². The number of para-hydroxylation sites is 2. The molecule has 0 amide bonds. The molecule has 0 aliphatic rings. The van der Waals surface area contributed by atoms with Gasteiger partial charge in [-0.05, 0) is 24.6 Å². The maximum atomic E-state index is 4.66. The normalized spacial score (nSPS) is 11.1. The second kappa shape index (κ2) is 5.47. The Morgan fingerprint density at radius 1 is 1.00 bits per heavy atom. The van der Waals surface area contributed by atoms with Crippen molar-refractivity contribution in [3.63, 3.8) is 0 Å². The second-order valence-corrected chi connectivity index (χ2v) is 5.16. The van der Waals surface area contributed by atoms with Crippen molar-refractivity contribution in [3.05, 3.63) is 65.5 Å². The molecule has 2 aromatic carbocycles. The molecule has 1 aromatic heterocycles. The van der Waals surface area contributed by atoms with E-state index in [1.807, 2.05) is 12.1 Å². The fourth-order valence-corrected chi connectivity index (χ4v) is 2.38. The van der Waals surface area contributed by atoms with E-state index in [4.69, 9.17) is 0 Å². The van der Waals surface area contributed by atoms with Gasteiger partial charge in [0.1, 0.15) is 5.82 Å². The maximum absolute atomic E-state index is 4.66. The van der Waals surface area contributed by atoms with E-state index < -0.39 is 0 Å². The van der Waals surface area contributed by atoms with E-state index in [0.29, 0.717) is 0 Å². The van der Waals surface area contributed by atoms with Gasteiger partial charge >= 0.3 is 0 Å². The largest absolute Gasteiger partial charge is 0.330 e. The lowest BCUT2D eigenvalue weighted by Gasteiger charge is -2.06. The molecule has 0 fully saturated rings. The van der Waals surface area contributed by atoms with Gasteiger partial charge in [0.05, 0.1) is 17.6 Å². The van der Waals surface area contributed by atoms with Gasteiger partial charge in [-0.25, -0.2) is 4.98 Å². The molecule has 0 aliphatic heterocycles. The summed E-state index contributed by atoms with van der Waals surface area (Å²) < 4.78 is 2.15. The number of benzene rings is 2. The quantitative estimate of drug-likeness (QED) is 0.785. The summed E-state index contributed by atoms with van der Waals surface area (Å²) in [6, 6.07) is 16.9. The maximum Gasteiger partial charge on any atom is 0.123 e. The van der Waals surface area contributed by atoms with Gasteiger partial charge in [-0.2, -0.15) is 0 Å². The first-order valence-electron chi connectivity index (χ1n) is 6.90. The molecule has 3 nitrogen and oxygen atoms in total. The molecule has 1 N–H and O–H groups in total. The van der Waals surface area contributed by atoms with Crippen molar-refractivity contribution in [1.29, 1.82) is 0 Å². The standard InChI is InChI=1S/C17H19N3/c1-13-7-9-14(10-8-13)11-18-12-17-19-15-5-3-4-6-16(15)20(17)2/h3-10,18H,11-12H2,1-2H3. The Morgan fingerprint density at radius 2 is 1.75 bits per heavy atom. The van der Waals surface area contributed by atoms with Crippen molar-refractivity contribution in [3.8, 4) is 0 Å². The number of imidazole rings is 1. The second-order valence-electron chi connectivity index (χ2n) is 5.16. The summed E-state index contributed by atoms with van der Waals surface area (Å²) in [5.74, 6) is 1.07. The highest BCUT2D eigenvalue weighted by Gasteiger charge is 2.06. The van der Waals surface area contributed by atoms with Crippen LogP contribution in [0, 0.1) is 6.92 Å². The highest BCUT2D eigenvalue weighted by Crippen LogP contribution is 2.14. The molecule has 1 heterocycles. The predicted octanol–water partition coefficient (Wildman–Crippen LogP) is 3.17. The molecule has 0 unspecified atom stereocenters. The van der Waals surface area contributed by atoms with Crippen LogP contribution in [0.1, 0.15) is 17.0 Å². The van der Waals surface area contributed by atoms with Crippen molar-refractivity contribution in [2.75, 3.05) is 0 Å². The Labute approximate surface area is 119 Å². The smallest absolute Gasteiger partial charge is 0.123 e. The van der Waals surface area contributed by atoms with E-state index in [0.717, 1.165) is 24.4 Å². The van der Waals surface area contributed by atoms with Gasteiger partial charge in [-0.1, -0.05) is 42.0 Å². The monoisotopic (exact) mass is 265 g/mol. The third-order valence-corrected chi connectivity index (χ3v) is 3.61. The van der Waals surface area contributed by atoms with Crippen LogP contribution in [0.4, 0.5) is 0 Å². The summed E-state index contributed by atoms with van der Waals surface area (Å²) >= 11 is 0. The number of nitrogens with zero attached hydrogens (tertiary/aromatic N) is 2. The van der Waals surface area contributed by atoms with Gasteiger partial charge in [0, 0.05) is 13.6 Å². The first-order valence-corrected chi connectivity index (χ1v) is 6.90. The first-order chi connectivity index (χ1) is 9.74. The van der Waals surface area contributed by atoms with Crippen LogP contribution < -0.4 is 5.32 Å². The topological polar surface area (TPSA) is 29.9 Å². The average molecular weight is 265 g/mol. The Morgan fingerprint density at radius 3 is 2.50 bits per heavy atom. The number of aryl methyl sites for hydroxylation is 2. The molecule has 0 atom stereocenters. The van der Waals surface area contributed by atoms with Gasteiger partial charge in [-0.15, -0.1) is 0 Å². The average Bonchev–Trinajstić information content (AvgIpc) is 2.78. The molecule has 0 radical (unpaired) electrons. The Kier molecular flexibility index (Phi) is 3.52. The molecule has 3 aromatic rings. The fourth-order valence-electron chi connectivity index (χ4n) is 2.38. The van der Waals surface area contributed by atoms with Crippen molar-refractivity contribution in [1.82, 2.24) is 14.9 Å². The lowest BCUT2D eigenvalue weighted by Crippen LogP contribution is -2.15. The third-order valence-electron chi connectivity index (χ3n) is 3.61. The highest BCUT2D eigenvalue weighted by atomic mass is 15.1.